The van der Waals surface area contributed by atoms with Crippen LogP contribution in [-0.4, -0.2) is 20.3 Å². The second kappa shape index (κ2) is 5.60. The van der Waals surface area contributed by atoms with Crippen molar-refractivity contribution in [3.63, 3.8) is 0 Å². The van der Waals surface area contributed by atoms with Crippen molar-refractivity contribution in [3.8, 4) is 5.75 Å². The molecule has 0 amide bonds. The van der Waals surface area contributed by atoms with Gasteiger partial charge in [-0.15, -0.1) is 0 Å². The van der Waals surface area contributed by atoms with Crippen molar-refractivity contribution in [2.75, 3.05) is 5.75 Å². The summed E-state index contributed by atoms with van der Waals surface area (Å²) in [6.45, 7) is 1.75. The minimum Gasteiger partial charge on any atom is -0.382 e. The predicted octanol–water partition coefficient (Wildman–Crippen LogP) is 3.05. The fourth-order valence-electron chi connectivity index (χ4n) is 1.30. The summed E-state index contributed by atoms with van der Waals surface area (Å²) in [5.74, 6) is -0.539. The van der Waals surface area contributed by atoms with Crippen LogP contribution in [0.15, 0.2) is 24.3 Å². The topological polar surface area (TPSA) is 43.4 Å². The van der Waals surface area contributed by atoms with Gasteiger partial charge in [0.15, 0.2) is 0 Å². The molecule has 0 N–H and O–H groups in total. The monoisotopic (exact) mass is 282 g/mol. The number of rotatable bonds is 5. The Balaban J connectivity index is 2.55. The molecule has 18 heavy (non-hydrogen) atoms. The van der Waals surface area contributed by atoms with Gasteiger partial charge >= 0.3 is 16.3 Å². The van der Waals surface area contributed by atoms with E-state index in [2.05, 4.69) is 0 Å². The maximum Gasteiger partial charge on any atom is 0.389 e. The van der Waals surface area contributed by atoms with E-state index >= 15 is 0 Å². The number of benzene rings is 1. The Bertz CT molecular complexity index is 495. The second-order valence-electron chi connectivity index (χ2n) is 3.88. The average molecular weight is 282 g/mol. The van der Waals surface area contributed by atoms with Gasteiger partial charge in [-0.1, -0.05) is 12.1 Å². The van der Waals surface area contributed by atoms with Crippen LogP contribution in [0.5, 0.6) is 5.75 Å². The van der Waals surface area contributed by atoms with Crippen LogP contribution in [0.2, 0.25) is 0 Å². The van der Waals surface area contributed by atoms with Crippen LogP contribution < -0.4 is 4.18 Å². The summed E-state index contributed by atoms with van der Waals surface area (Å²) in [5.41, 5.74) is 0.804. The summed E-state index contributed by atoms with van der Waals surface area (Å²) in [6, 6.07) is 6.30. The van der Waals surface area contributed by atoms with E-state index in [1.54, 1.807) is 19.1 Å². The van der Waals surface area contributed by atoms with Crippen molar-refractivity contribution in [3.05, 3.63) is 29.8 Å². The Morgan fingerprint density at radius 1 is 1.28 bits per heavy atom. The Morgan fingerprint density at radius 3 is 2.50 bits per heavy atom. The zero-order valence-corrected chi connectivity index (χ0v) is 10.5. The van der Waals surface area contributed by atoms with Crippen molar-refractivity contribution in [2.24, 2.45) is 0 Å². The normalized spacial score (nSPS) is 12.4. The summed E-state index contributed by atoms with van der Waals surface area (Å²) >= 11 is 0. The van der Waals surface area contributed by atoms with Gasteiger partial charge in [0.05, 0.1) is 5.75 Å². The van der Waals surface area contributed by atoms with Crippen LogP contribution in [-0.2, 0) is 10.1 Å². The van der Waals surface area contributed by atoms with E-state index in [-0.39, 0.29) is 5.75 Å². The van der Waals surface area contributed by atoms with Crippen molar-refractivity contribution >= 4 is 10.1 Å². The smallest absolute Gasteiger partial charge is 0.382 e. The van der Waals surface area contributed by atoms with Gasteiger partial charge in [0.2, 0.25) is 0 Å². The molecule has 1 aromatic rings. The molecule has 0 aliphatic heterocycles. The van der Waals surface area contributed by atoms with Crippen LogP contribution in [0.3, 0.4) is 0 Å². The first-order chi connectivity index (χ1) is 8.18. The third kappa shape index (κ3) is 5.90. The van der Waals surface area contributed by atoms with E-state index in [4.69, 9.17) is 4.18 Å². The standard InChI is InChI=1S/C11H13F3O3S/c1-9-4-2-5-10(8-9)17-18(15,16)7-3-6-11(12,13)14/h2,4-5,8H,3,6-7H2,1H3. The fraction of sp³-hybridized carbons (Fsp3) is 0.455. The number of aryl methyl sites for hydroxylation is 1. The maximum absolute atomic E-state index is 11.9. The Morgan fingerprint density at radius 2 is 1.94 bits per heavy atom. The lowest BCUT2D eigenvalue weighted by Crippen LogP contribution is -2.16. The third-order valence-electron chi connectivity index (χ3n) is 2.07. The molecule has 0 aliphatic rings. The maximum atomic E-state index is 11.9. The van der Waals surface area contributed by atoms with E-state index in [9.17, 15) is 21.6 Å². The largest absolute Gasteiger partial charge is 0.389 e. The molecule has 102 valence electrons. The molecular formula is C11H13F3O3S. The van der Waals surface area contributed by atoms with Gasteiger partial charge in [-0.3, -0.25) is 0 Å². The molecule has 3 nitrogen and oxygen atoms in total. The lowest BCUT2D eigenvalue weighted by Gasteiger charge is -2.08. The fourth-order valence-corrected chi connectivity index (χ4v) is 2.28. The Kier molecular flexibility index (Phi) is 4.61. The predicted molar refractivity (Wildman–Crippen MR) is 60.9 cm³/mol. The first-order valence-corrected chi connectivity index (χ1v) is 6.81. The Hall–Kier alpha value is -1.24. The van der Waals surface area contributed by atoms with Gasteiger partial charge in [0, 0.05) is 6.42 Å². The summed E-state index contributed by atoms with van der Waals surface area (Å²) in [5, 5.41) is 0. The van der Waals surface area contributed by atoms with Crippen LogP contribution >= 0.6 is 0 Å². The second-order valence-corrected chi connectivity index (χ2v) is 5.57. The number of halogens is 3. The van der Waals surface area contributed by atoms with Crippen LogP contribution in [0.4, 0.5) is 13.2 Å². The van der Waals surface area contributed by atoms with E-state index < -0.39 is 34.9 Å². The van der Waals surface area contributed by atoms with Crippen molar-refractivity contribution in [1.82, 2.24) is 0 Å². The molecule has 1 aromatic carbocycles. The highest BCUT2D eigenvalue weighted by Gasteiger charge is 2.27. The Labute approximate surface area is 104 Å². The number of hydrogen-bond acceptors (Lipinski definition) is 3. The molecule has 0 heterocycles. The van der Waals surface area contributed by atoms with E-state index in [0.717, 1.165) is 5.56 Å². The van der Waals surface area contributed by atoms with Gasteiger partial charge in [-0.2, -0.15) is 21.6 Å². The van der Waals surface area contributed by atoms with E-state index in [0.29, 0.717) is 0 Å². The summed E-state index contributed by atoms with van der Waals surface area (Å²) < 4.78 is 63.1. The van der Waals surface area contributed by atoms with Crippen molar-refractivity contribution < 1.29 is 25.8 Å². The van der Waals surface area contributed by atoms with Crippen LogP contribution in [0.25, 0.3) is 0 Å². The molecule has 0 aromatic heterocycles. The minimum atomic E-state index is -4.35. The number of alkyl halides is 3. The summed E-state index contributed by atoms with van der Waals surface area (Å²) in [7, 11) is -3.97. The molecule has 1 rings (SSSR count). The minimum absolute atomic E-state index is 0.113. The van der Waals surface area contributed by atoms with Gasteiger partial charge in [-0.05, 0) is 31.0 Å². The highest BCUT2D eigenvalue weighted by atomic mass is 32.2. The summed E-state index contributed by atoms with van der Waals surface area (Å²) in [4.78, 5) is 0. The SMILES string of the molecule is Cc1cccc(OS(=O)(=O)CCCC(F)(F)F)c1. The quantitative estimate of drug-likeness (QED) is 0.780. The van der Waals surface area contributed by atoms with E-state index in [1.165, 1.54) is 12.1 Å². The molecule has 0 radical (unpaired) electrons. The molecule has 0 saturated heterocycles. The highest BCUT2D eigenvalue weighted by Crippen LogP contribution is 2.22. The van der Waals surface area contributed by atoms with Gasteiger partial charge in [0.1, 0.15) is 5.75 Å². The third-order valence-corrected chi connectivity index (χ3v) is 3.30. The average Bonchev–Trinajstić information content (AvgIpc) is 2.13. The molecule has 0 unspecified atom stereocenters. The number of hydrogen-bond donors (Lipinski definition) is 0. The molecule has 0 aliphatic carbocycles. The molecule has 0 spiro atoms. The molecule has 7 heteroatoms. The molecular weight excluding hydrogens is 269 g/mol. The van der Waals surface area contributed by atoms with Gasteiger partial charge in [0.25, 0.3) is 0 Å². The summed E-state index contributed by atoms with van der Waals surface area (Å²) in [6.07, 6.45) is -5.99. The lowest BCUT2D eigenvalue weighted by molar-refractivity contribution is -0.134. The zero-order valence-electron chi connectivity index (χ0n) is 9.70. The molecule has 0 fully saturated rings. The van der Waals surface area contributed by atoms with Crippen molar-refractivity contribution in [2.45, 2.75) is 25.9 Å². The van der Waals surface area contributed by atoms with Crippen LogP contribution in [0, 0.1) is 6.92 Å². The van der Waals surface area contributed by atoms with Crippen molar-refractivity contribution in [1.29, 1.82) is 0 Å². The molecule has 0 atom stereocenters. The van der Waals surface area contributed by atoms with Crippen LogP contribution in [0.1, 0.15) is 18.4 Å². The molecule has 0 saturated carbocycles. The first-order valence-electron chi connectivity index (χ1n) is 5.23. The van der Waals surface area contributed by atoms with Gasteiger partial charge < -0.3 is 4.18 Å². The first kappa shape index (κ1) is 14.8. The van der Waals surface area contributed by atoms with Gasteiger partial charge in [-0.25, -0.2) is 0 Å². The van der Waals surface area contributed by atoms with E-state index in [1.807, 2.05) is 0 Å². The highest BCUT2D eigenvalue weighted by molar-refractivity contribution is 7.87. The lowest BCUT2D eigenvalue weighted by atomic mass is 10.2. The zero-order chi connectivity index (χ0) is 13.8. The molecule has 0 bridgehead atoms.